The van der Waals surface area contributed by atoms with Gasteiger partial charge in [0.05, 0.1) is 11.7 Å². The number of urea groups is 1. The van der Waals surface area contributed by atoms with Gasteiger partial charge in [-0.3, -0.25) is 4.68 Å². The molecule has 1 N–H and O–H groups in total. The van der Waals surface area contributed by atoms with Crippen molar-refractivity contribution >= 4 is 6.03 Å². The maximum atomic E-state index is 12.3. The summed E-state index contributed by atoms with van der Waals surface area (Å²) in [6, 6.07) is 2.33. The quantitative estimate of drug-likeness (QED) is 0.896. The number of rotatable bonds is 5. The maximum absolute atomic E-state index is 12.3. The highest BCUT2D eigenvalue weighted by Crippen LogP contribution is 2.22. The Hall–Kier alpha value is -2.38. The highest BCUT2D eigenvalue weighted by molar-refractivity contribution is 5.74. The molecule has 0 aliphatic carbocycles. The Balaban J connectivity index is 1.49. The van der Waals surface area contributed by atoms with Gasteiger partial charge in [-0.15, -0.1) is 10.2 Å². The Morgan fingerprint density at radius 2 is 2.25 bits per heavy atom. The van der Waals surface area contributed by atoms with E-state index in [-0.39, 0.29) is 12.1 Å². The van der Waals surface area contributed by atoms with Crippen molar-refractivity contribution < 1.29 is 4.79 Å². The van der Waals surface area contributed by atoms with Crippen molar-refractivity contribution in [3.63, 3.8) is 0 Å². The van der Waals surface area contributed by atoms with Crippen molar-refractivity contribution in [2.75, 3.05) is 19.6 Å². The van der Waals surface area contributed by atoms with Gasteiger partial charge in [0.1, 0.15) is 12.2 Å². The third kappa shape index (κ3) is 3.42. The van der Waals surface area contributed by atoms with E-state index >= 15 is 0 Å². The molecule has 0 saturated carbocycles. The second-order valence-corrected chi connectivity index (χ2v) is 6.28. The molecule has 3 rings (SSSR count). The summed E-state index contributed by atoms with van der Waals surface area (Å²) in [6.07, 6.45) is 3.35. The first-order valence-electron chi connectivity index (χ1n) is 8.50. The molecule has 3 heterocycles. The summed E-state index contributed by atoms with van der Waals surface area (Å²) in [7, 11) is 0. The third-order valence-corrected chi connectivity index (χ3v) is 4.50. The molecule has 1 fully saturated rings. The molecule has 1 aliphatic heterocycles. The van der Waals surface area contributed by atoms with E-state index in [2.05, 4.69) is 40.5 Å². The molecule has 1 saturated heterocycles. The minimum absolute atomic E-state index is 0.0124. The molecule has 130 valence electrons. The molecule has 1 unspecified atom stereocenters. The van der Waals surface area contributed by atoms with E-state index in [1.807, 2.05) is 21.1 Å². The SMILES string of the molecule is CCn1cnnc1CCNC(=O)N1CCC(n2nc(C)cc2C)C1. The molecule has 1 atom stereocenters. The highest BCUT2D eigenvalue weighted by Gasteiger charge is 2.28. The summed E-state index contributed by atoms with van der Waals surface area (Å²) >= 11 is 0. The second kappa shape index (κ2) is 7.02. The second-order valence-electron chi connectivity index (χ2n) is 6.28. The van der Waals surface area contributed by atoms with Gasteiger partial charge in [0.15, 0.2) is 0 Å². The van der Waals surface area contributed by atoms with Crippen molar-refractivity contribution in [2.45, 2.75) is 46.2 Å². The molecule has 8 nitrogen and oxygen atoms in total. The molecule has 8 heteroatoms. The van der Waals surface area contributed by atoms with Crippen LogP contribution in [-0.4, -0.2) is 55.1 Å². The lowest BCUT2D eigenvalue weighted by Gasteiger charge is -2.18. The molecular formula is C16H25N7O. The van der Waals surface area contributed by atoms with Crippen LogP contribution in [0, 0.1) is 13.8 Å². The van der Waals surface area contributed by atoms with Crippen LogP contribution in [0.25, 0.3) is 0 Å². The van der Waals surface area contributed by atoms with Gasteiger partial charge in [0.2, 0.25) is 0 Å². The topological polar surface area (TPSA) is 80.9 Å². The minimum atomic E-state index is -0.0124. The number of carbonyl (C=O) groups is 1. The van der Waals surface area contributed by atoms with Crippen molar-refractivity contribution in [1.29, 1.82) is 0 Å². The van der Waals surface area contributed by atoms with Crippen molar-refractivity contribution in [3.05, 3.63) is 29.6 Å². The van der Waals surface area contributed by atoms with E-state index in [9.17, 15) is 4.79 Å². The van der Waals surface area contributed by atoms with Crippen molar-refractivity contribution in [2.24, 2.45) is 0 Å². The molecule has 2 aromatic heterocycles. The molecule has 1 aliphatic rings. The number of likely N-dealkylation sites (tertiary alicyclic amines) is 1. The monoisotopic (exact) mass is 331 g/mol. The van der Waals surface area contributed by atoms with Gasteiger partial charge in [0.25, 0.3) is 0 Å². The fraction of sp³-hybridized carbons (Fsp3) is 0.625. The summed E-state index contributed by atoms with van der Waals surface area (Å²) in [5.74, 6) is 0.903. The lowest BCUT2D eigenvalue weighted by Crippen LogP contribution is -2.39. The van der Waals surface area contributed by atoms with Crippen LogP contribution in [0.15, 0.2) is 12.4 Å². The van der Waals surface area contributed by atoms with Crippen LogP contribution < -0.4 is 5.32 Å². The molecule has 24 heavy (non-hydrogen) atoms. The zero-order chi connectivity index (χ0) is 17.1. The molecule has 0 radical (unpaired) electrons. The summed E-state index contributed by atoms with van der Waals surface area (Å²) in [6.45, 7) is 8.99. The Morgan fingerprint density at radius 1 is 1.42 bits per heavy atom. The van der Waals surface area contributed by atoms with E-state index in [1.54, 1.807) is 6.33 Å². The predicted molar refractivity (Wildman–Crippen MR) is 89.7 cm³/mol. The van der Waals surface area contributed by atoms with Crippen LogP contribution in [0.4, 0.5) is 4.79 Å². The number of amides is 2. The van der Waals surface area contributed by atoms with Crippen LogP contribution in [0.2, 0.25) is 0 Å². The Morgan fingerprint density at radius 3 is 2.96 bits per heavy atom. The minimum Gasteiger partial charge on any atom is -0.338 e. The number of hydrogen-bond donors (Lipinski definition) is 1. The van der Waals surface area contributed by atoms with Gasteiger partial charge >= 0.3 is 6.03 Å². The average Bonchev–Trinajstić information content (AvgIpc) is 3.26. The number of aromatic nitrogens is 5. The standard InChI is InChI=1S/C16H25N7O/c1-4-21-11-18-19-15(21)5-7-17-16(24)22-8-6-14(10-22)23-13(3)9-12(2)20-23/h9,11,14H,4-8,10H2,1-3H3,(H,17,24). The molecular weight excluding hydrogens is 306 g/mol. The molecule has 0 aromatic carbocycles. The first-order chi connectivity index (χ1) is 11.6. The number of nitrogens with one attached hydrogen (secondary N) is 1. The normalized spacial score (nSPS) is 17.5. The smallest absolute Gasteiger partial charge is 0.317 e. The number of nitrogens with zero attached hydrogens (tertiary/aromatic N) is 6. The van der Waals surface area contributed by atoms with Gasteiger partial charge in [-0.2, -0.15) is 5.10 Å². The summed E-state index contributed by atoms with van der Waals surface area (Å²) in [5, 5.41) is 15.5. The van der Waals surface area contributed by atoms with E-state index in [1.165, 1.54) is 0 Å². The fourth-order valence-electron chi connectivity index (χ4n) is 3.27. The van der Waals surface area contributed by atoms with Crippen LogP contribution in [-0.2, 0) is 13.0 Å². The van der Waals surface area contributed by atoms with Crippen LogP contribution in [0.5, 0.6) is 0 Å². The van der Waals surface area contributed by atoms with Gasteiger partial charge in [-0.1, -0.05) is 0 Å². The van der Waals surface area contributed by atoms with Crippen LogP contribution >= 0.6 is 0 Å². The molecule has 0 bridgehead atoms. The van der Waals surface area contributed by atoms with Gasteiger partial charge < -0.3 is 14.8 Å². The van der Waals surface area contributed by atoms with Crippen LogP contribution in [0.1, 0.15) is 36.6 Å². The first-order valence-corrected chi connectivity index (χ1v) is 8.50. The van der Waals surface area contributed by atoms with Gasteiger partial charge in [0, 0.05) is 38.3 Å². The number of hydrogen-bond acceptors (Lipinski definition) is 4. The number of aryl methyl sites for hydroxylation is 3. The Labute approximate surface area is 141 Å². The molecule has 0 spiro atoms. The largest absolute Gasteiger partial charge is 0.338 e. The lowest BCUT2D eigenvalue weighted by atomic mass is 10.2. The first kappa shape index (κ1) is 16.5. The van der Waals surface area contributed by atoms with Crippen molar-refractivity contribution in [3.8, 4) is 0 Å². The van der Waals surface area contributed by atoms with Crippen molar-refractivity contribution in [1.82, 2.24) is 34.8 Å². The molecule has 2 amide bonds. The van der Waals surface area contributed by atoms with Crippen LogP contribution in [0.3, 0.4) is 0 Å². The predicted octanol–water partition coefficient (Wildman–Crippen LogP) is 1.31. The van der Waals surface area contributed by atoms with E-state index in [0.29, 0.717) is 19.5 Å². The van der Waals surface area contributed by atoms with E-state index < -0.39 is 0 Å². The Kier molecular flexibility index (Phi) is 4.82. The molecule has 2 aromatic rings. The van der Waals surface area contributed by atoms with Gasteiger partial charge in [-0.25, -0.2) is 4.79 Å². The number of carbonyl (C=O) groups excluding carboxylic acids is 1. The Bertz CT molecular complexity index is 705. The maximum Gasteiger partial charge on any atom is 0.317 e. The third-order valence-electron chi connectivity index (χ3n) is 4.50. The average molecular weight is 331 g/mol. The van der Waals surface area contributed by atoms with E-state index in [4.69, 9.17) is 0 Å². The summed E-state index contributed by atoms with van der Waals surface area (Å²) < 4.78 is 4.03. The summed E-state index contributed by atoms with van der Waals surface area (Å²) in [4.78, 5) is 14.2. The lowest BCUT2D eigenvalue weighted by molar-refractivity contribution is 0.207. The zero-order valence-electron chi connectivity index (χ0n) is 14.6. The fourth-order valence-corrected chi connectivity index (χ4v) is 3.27. The summed E-state index contributed by atoms with van der Waals surface area (Å²) in [5.41, 5.74) is 2.18. The van der Waals surface area contributed by atoms with Gasteiger partial charge in [-0.05, 0) is 33.3 Å². The highest BCUT2D eigenvalue weighted by atomic mass is 16.2. The van der Waals surface area contributed by atoms with E-state index in [0.717, 1.165) is 36.7 Å². The zero-order valence-corrected chi connectivity index (χ0v) is 14.6.